The Morgan fingerprint density at radius 3 is 2.85 bits per heavy atom. The Balaban J connectivity index is 1.88. The molecule has 1 aromatic carbocycles. The minimum Gasteiger partial charge on any atom is -0.388 e. The van der Waals surface area contributed by atoms with E-state index in [0.29, 0.717) is 22.3 Å². The van der Waals surface area contributed by atoms with Gasteiger partial charge in [0.2, 0.25) is 0 Å². The molecule has 1 fully saturated rings. The van der Waals surface area contributed by atoms with Crippen molar-refractivity contribution in [2.45, 2.75) is 38.0 Å². The smallest absolute Gasteiger partial charge is 0.126 e. The first-order valence-corrected chi connectivity index (χ1v) is 8.16. The fourth-order valence-electron chi connectivity index (χ4n) is 2.59. The van der Waals surface area contributed by atoms with Crippen LogP contribution in [0.3, 0.4) is 0 Å². The first-order valence-electron chi connectivity index (χ1n) is 7.18. The molecule has 1 aliphatic rings. The highest BCUT2D eigenvalue weighted by Crippen LogP contribution is 2.30. The third kappa shape index (κ3) is 4.21. The largest absolute Gasteiger partial charge is 0.388 e. The average molecular weight is 297 g/mol. The van der Waals surface area contributed by atoms with E-state index in [-0.39, 0.29) is 5.82 Å². The molecule has 0 amide bonds. The van der Waals surface area contributed by atoms with Crippen LogP contribution >= 0.6 is 11.8 Å². The molecule has 0 radical (unpaired) electrons. The van der Waals surface area contributed by atoms with Gasteiger partial charge in [-0.3, -0.25) is 0 Å². The summed E-state index contributed by atoms with van der Waals surface area (Å²) in [6.07, 6.45) is 0.0753. The van der Waals surface area contributed by atoms with E-state index in [2.05, 4.69) is 18.7 Å². The molecule has 112 valence electrons. The van der Waals surface area contributed by atoms with E-state index in [9.17, 15) is 9.50 Å². The molecule has 20 heavy (non-hydrogen) atoms. The maximum Gasteiger partial charge on any atom is 0.126 e. The van der Waals surface area contributed by atoms with Crippen LogP contribution in [0.5, 0.6) is 0 Å². The highest BCUT2D eigenvalue weighted by Gasteiger charge is 2.27. The molecule has 1 aliphatic heterocycles. The summed E-state index contributed by atoms with van der Waals surface area (Å²) in [7, 11) is 0. The average Bonchev–Trinajstić information content (AvgIpc) is 2.38. The fraction of sp³-hybridized carbons (Fsp3) is 0.625. The number of aryl methyl sites for hydroxylation is 1. The number of hydrogen-bond acceptors (Lipinski definition) is 3. The lowest BCUT2D eigenvalue weighted by Gasteiger charge is -2.37. The Bertz CT molecular complexity index is 464. The molecule has 1 aromatic rings. The second kappa shape index (κ2) is 6.46. The summed E-state index contributed by atoms with van der Waals surface area (Å²) in [6.45, 7) is 9.24. The summed E-state index contributed by atoms with van der Waals surface area (Å²) >= 11 is 2.00. The van der Waals surface area contributed by atoms with Crippen LogP contribution in [0.25, 0.3) is 0 Å². The number of aliphatic hydroxyl groups excluding tert-OH is 1. The zero-order chi connectivity index (χ0) is 14.8. The first kappa shape index (κ1) is 15.8. The molecule has 1 atom stereocenters. The van der Waals surface area contributed by atoms with Gasteiger partial charge in [0, 0.05) is 30.1 Å². The minimum absolute atomic E-state index is 0.239. The summed E-state index contributed by atoms with van der Waals surface area (Å²) in [5.41, 5.74) is 1.30. The molecule has 2 nitrogen and oxygen atoms in total. The molecule has 0 spiro atoms. The fourth-order valence-corrected chi connectivity index (χ4v) is 3.77. The van der Waals surface area contributed by atoms with E-state index in [0.717, 1.165) is 25.4 Å². The van der Waals surface area contributed by atoms with E-state index in [1.54, 1.807) is 13.0 Å². The maximum atomic E-state index is 13.5. The van der Waals surface area contributed by atoms with Crippen LogP contribution < -0.4 is 0 Å². The van der Waals surface area contributed by atoms with Crippen molar-refractivity contribution in [1.82, 2.24) is 4.90 Å². The zero-order valence-electron chi connectivity index (χ0n) is 12.5. The van der Waals surface area contributed by atoms with Gasteiger partial charge in [0.25, 0.3) is 0 Å². The number of thioether (sulfide) groups is 1. The third-order valence-corrected chi connectivity index (χ3v) is 5.10. The van der Waals surface area contributed by atoms with Crippen LogP contribution in [0.1, 0.15) is 37.5 Å². The number of nitrogens with zero attached hydrogens (tertiary/aromatic N) is 1. The third-order valence-electron chi connectivity index (χ3n) is 3.80. The summed E-state index contributed by atoms with van der Waals surface area (Å²) in [4.78, 5) is 2.39. The Kier molecular flexibility index (Phi) is 5.10. The van der Waals surface area contributed by atoms with Crippen molar-refractivity contribution in [2.75, 3.05) is 25.4 Å². The summed E-state index contributed by atoms with van der Waals surface area (Å²) < 4.78 is 13.8. The molecule has 4 heteroatoms. The monoisotopic (exact) mass is 297 g/mol. The molecule has 0 bridgehead atoms. The topological polar surface area (TPSA) is 23.5 Å². The molecule has 1 saturated heterocycles. The van der Waals surface area contributed by atoms with Crippen molar-refractivity contribution >= 4 is 11.8 Å². The van der Waals surface area contributed by atoms with Crippen molar-refractivity contribution in [1.29, 1.82) is 0 Å². The second-order valence-electron chi connectivity index (χ2n) is 6.20. The Morgan fingerprint density at radius 1 is 1.45 bits per heavy atom. The Hall–Kier alpha value is -0.580. The molecule has 1 heterocycles. The molecule has 0 aliphatic carbocycles. The molecular formula is C16H24FNOS. The highest BCUT2D eigenvalue weighted by atomic mass is 32.2. The van der Waals surface area contributed by atoms with Crippen molar-refractivity contribution in [3.05, 3.63) is 35.1 Å². The van der Waals surface area contributed by atoms with E-state index in [1.165, 1.54) is 6.07 Å². The van der Waals surface area contributed by atoms with Gasteiger partial charge in [-0.1, -0.05) is 12.1 Å². The van der Waals surface area contributed by atoms with E-state index >= 15 is 0 Å². The van der Waals surface area contributed by atoms with Crippen LogP contribution in [-0.4, -0.2) is 40.1 Å². The van der Waals surface area contributed by atoms with Gasteiger partial charge in [0.05, 0.1) is 6.10 Å². The van der Waals surface area contributed by atoms with Gasteiger partial charge in [0.1, 0.15) is 5.82 Å². The molecule has 1 unspecified atom stereocenters. The van der Waals surface area contributed by atoms with Crippen LogP contribution in [-0.2, 0) is 0 Å². The van der Waals surface area contributed by atoms with Gasteiger partial charge in [-0.25, -0.2) is 4.39 Å². The number of rotatable bonds is 4. The Morgan fingerprint density at radius 2 is 2.20 bits per heavy atom. The Labute approximate surface area is 125 Å². The van der Waals surface area contributed by atoms with Gasteiger partial charge >= 0.3 is 0 Å². The number of halogens is 1. The highest BCUT2D eigenvalue weighted by molar-refractivity contribution is 8.00. The standard InChI is InChI=1S/C16H24FNOS/c1-12-4-5-13(10-14(12)17)15(19)6-7-18-8-9-20-16(2,3)11-18/h4-5,10,15,19H,6-9,11H2,1-3H3. The molecule has 2 rings (SSSR count). The van der Waals surface area contributed by atoms with Gasteiger partial charge in [-0.15, -0.1) is 0 Å². The summed E-state index contributed by atoms with van der Waals surface area (Å²) in [5, 5.41) is 10.2. The minimum atomic E-state index is -0.581. The van der Waals surface area contributed by atoms with Crippen molar-refractivity contribution in [3.8, 4) is 0 Å². The van der Waals surface area contributed by atoms with Crippen LogP contribution in [0.15, 0.2) is 18.2 Å². The van der Waals surface area contributed by atoms with E-state index in [1.807, 2.05) is 17.8 Å². The SMILES string of the molecule is Cc1ccc(C(O)CCN2CCSC(C)(C)C2)cc1F. The lowest BCUT2D eigenvalue weighted by atomic mass is 10.0. The van der Waals surface area contributed by atoms with Crippen LogP contribution in [0.4, 0.5) is 4.39 Å². The molecular weight excluding hydrogens is 273 g/mol. The van der Waals surface area contributed by atoms with Gasteiger partial charge in [-0.2, -0.15) is 11.8 Å². The van der Waals surface area contributed by atoms with Crippen LogP contribution in [0.2, 0.25) is 0 Å². The normalized spacial score (nSPS) is 20.9. The van der Waals surface area contributed by atoms with Gasteiger partial charge in [-0.05, 0) is 44.4 Å². The maximum absolute atomic E-state index is 13.5. The first-order chi connectivity index (χ1) is 9.37. The number of hydrogen-bond donors (Lipinski definition) is 1. The second-order valence-corrected chi connectivity index (χ2v) is 8.00. The quantitative estimate of drug-likeness (QED) is 0.921. The van der Waals surface area contributed by atoms with Crippen molar-refractivity contribution < 1.29 is 9.50 Å². The summed E-state index contributed by atoms with van der Waals surface area (Å²) in [6, 6.07) is 5.00. The van der Waals surface area contributed by atoms with Crippen LogP contribution in [0, 0.1) is 12.7 Å². The molecule has 0 saturated carbocycles. The lowest BCUT2D eigenvalue weighted by molar-refractivity contribution is 0.139. The predicted octanol–water partition coefficient (Wildman–Crippen LogP) is 3.39. The summed E-state index contributed by atoms with van der Waals surface area (Å²) in [5.74, 6) is 0.902. The molecule has 1 N–H and O–H groups in total. The van der Waals surface area contributed by atoms with Gasteiger partial charge in [0.15, 0.2) is 0 Å². The van der Waals surface area contributed by atoms with E-state index in [4.69, 9.17) is 0 Å². The van der Waals surface area contributed by atoms with Crippen molar-refractivity contribution in [3.63, 3.8) is 0 Å². The number of aliphatic hydroxyl groups is 1. The van der Waals surface area contributed by atoms with E-state index < -0.39 is 6.10 Å². The number of benzene rings is 1. The zero-order valence-corrected chi connectivity index (χ0v) is 13.3. The lowest BCUT2D eigenvalue weighted by Crippen LogP contribution is -2.43. The predicted molar refractivity (Wildman–Crippen MR) is 83.7 cm³/mol. The van der Waals surface area contributed by atoms with Gasteiger partial charge < -0.3 is 10.0 Å². The molecule has 0 aromatic heterocycles. The van der Waals surface area contributed by atoms with Crippen molar-refractivity contribution in [2.24, 2.45) is 0 Å².